The maximum absolute atomic E-state index is 13.5. The summed E-state index contributed by atoms with van der Waals surface area (Å²) in [6.45, 7) is 0. The molecule has 2 aromatic carbocycles. The van der Waals surface area contributed by atoms with Crippen LogP contribution in [-0.2, 0) is 11.2 Å². The maximum Gasteiger partial charge on any atom is 0.225 e. The van der Waals surface area contributed by atoms with E-state index in [9.17, 15) is 9.18 Å². The number of rotatable bonds is 5. The summed E-state index contributed by atoms with van der Waals surface area (Å²) in [5.74, 6) is -0.345. The monoisotopic (exact) mass is 291 g/mol. The van der Waals surface area contributed by atoms with E-state index < -0.39 is 0 Å². The smallest absolute Gasteiger partial charge is 0.225 e. The summed E-state index contributed by atoms with van der Waals surface area (Å²) >= 11 is 5.89. The minimum Gasteiger partial charge on any atom is -0.348 e. The van der Waals surface area contributed by atoms with E-state index in [1.165, 1.54) is 6.07 Å². The number of carbonyl (C=O) groups excluding carboxylic acids is 1. The van der Waals surface area contributed by atoms with Crippen molar-refractivity contribution in [3.63, 3.8) is 0 Å². The predicted molar refractivity (Wildman–Crippen MR) is 78.1 cm³/mol. The molecule has 1 atom stereocenters. The van der Waals surface area contributed by atoms with Gasteiger partial charge in [-0.3, -0.25) is 4.79 Å². The van der Waals surface area contributed by atoms with Crippen molar-refractivity contribution >= 4 is 17.5 Å². The standard InChI is InChI=1S/C16H15ClFNO/c17-11-15(12-6-2-1-3-7-12)19-16(20)10-13-8-4-5-9-14(13)18/h1-9,15H,10-11H2,(H,19,20). The van der Waals surface area contributed by atoms with Crippen molar-refractivity contribution in [2.45, 2.75) is 12.5 Å². The number of benzene rings is 2. The summed E-state index contributed by atoms with van der Waals surface area (Å²) in [4.78, 5) is 12.0. The zero-order valence-corrected chi connectivity index (χ0v) is 11.6. The Morgan fingerprint density at radius 2 is 1.75 bits per heavy atom. The molecule has 0 heterocycles. The molecule has 1 amide bonds. The van der Waals surface area contributed by atoms with Gasteiger partial charge < -0.3 is 5.32 Å². The SMILES string of the molecule is O=C(Cc1ccccc1F)NC(CCl)c1ccccc1. The number of carbonyl (C=O) groups is 1. The second kappa shape index (κ2) is 7.06. The average Bonchev–Trinajstić information content (AvgIpc) is 2.48. The molecule has 0 radical (unpaired) electrons. The van der Waals surface area contributed by atoms with Gasteiger partial charge in [0.15, 0.2) is 0 Å². The van der Waals surface area contributed by atoms with E-state index in [2.05, 4.69) is 5.32 Å². The summed E-state index contributed by atoms with van der Waals surface area (Å²) in [5.41, 5.74) is 1.32. The van der Waals surface area contributed by atoms with Gasteiger partial charge in [-0.2, -0.15) is 0 Å². The number of halogens is 2. The Morgan fingerprint density at radius 3 is 2.40 bits per heavy atom. The van der Waals surface area contributed by atoms with Crippen LogP contribution < -0.4 is 5.32 Å². The van der Waals surface area contributed by atoms with E-state index in [4.69, 9.17) is 11.6 Å². The third-order valence-electron chi connectivity index (χ3n) is 3.00. The van der Waals surface area contributed by atoms with Gasteiger partial charge in [-0.1, -0.05) is 48.5 Å². The first-order chi connectivity index (χ1) is 9.70. The Bertz CT molecular complexity index is 574. The van der Waals surface area contributed by atoms with Crippen molar-refractivity contribution < 1.29 is 9.18 Å². The first-order valence-electron chi connectivity index (χ1n) is 6.34. The number of hydrogen-bond acceptors (Lipinski definition) is 1. The van der Waals surface area contributed by atoms with Crippen LogP contribution in [0.25, 0.3) is 0 Å². The van der Waals surface area contributed by atoms with Gasteiger partial charge >= 0.3 is 0 Å². The fourth-order valence-electron chi connectivity index (χ4n) is 1.96. The predicted octanol–water partition coefficient (Wildman–Crippen LogP) is 3.46. The van der Waals surface area contributed by atoms with Crippen LogP contribution in [0.1, 0.15) is 17.2 Å². The van der Waals surface area contributed by atoms with Crippen LogP contribution in [0.5, 0.6) is 0 Å². The van der Waals surface area contributed by atoms with Crippen LogP contribution in [0.4, 0.5) is 4.39 Å². The zero-order valence-electron chi connectivity index (χ0n) is 10.9. The van der Waals surface area contributed by atoms with E-state index in [0.717, 1.165) is 5.56 Å². The molecule has 2 aromatic rings. The third-order valence-corrected chi connectivity index (χ3v) is 3.31. The van der Waals surface area contributed by atoms with Crippen LogP contribution in [0.2, 0.25) is 0 Å². The molecule has 0 aliphatic carbocycles. The summed E-state index contributed by atoms with van der Waals surface area (Å²) < 4.78 is 13.5. The summed E-state index contributed by atoms with van der Waals surface area (Å²) in [5, 5.41) is 2.82. The fraction of sp³-hybridized carbons (Fsp3) is 0.188. The van der Waals surface area contributed by atoms with Gasteiger partial charge in [0.1, 0.15) is 5.82 Å². The molecule has 0 aliphatic heterocycles. The van der Waals surface area contributed by atoms with Gasteiger partial charge in [-0.25, -0.2) is 4.39 Å². The Kier molecular flexibility index (Phi) is 5.13. The van der Waals surface area contributed by atoms with E-state index in [-0.39, 0.29) is 30.1 Å². The Morgan fingerprint density at radius 1 is 1.10 bits per heavy atom. The second-order valence-corrected chi connectivity index (χ2v) is 4.76. The van der Waals surface area contributed by atoms with E-state index in [1.807, 2.05) is 30.3 Å². The Hall–Kier alpha value is -1.87. The lowest BCUT2D eigenvalue weighted by Crippen LogP contribution is -2.31. The Balaban J connectivity index is 2.02. The van der Waals surface area contributed by atoms with Crippen molar-refractivity contribution in [3.8, 4) is 0 Å². The highest BCUT2D eigenvalue weighted by molar-refractivity contribution is 6.18. The molecule has 104 valence electrons. The largest absolute Gasteiger partial charge is 0.348 e. The molecule has 4 heteroatoms. The van der Waals surface area contributed by atoms with E-state index in [0.29, 0.717) is 5.56 Å². The first-order valence-corrected chi connectivity index (χ1v) is 6.88. The zero-order chi connectivity index (χ0) is 14.4. The van der Waals surface area contributed by atoms with Crippen LogP contribution in [0.15, 0.2) is 54.6 Å². The Labute approximate surface area is 122 Å². The van der Waals surface area contributed by atoms with Crippen LogP contribution in [-0.4, -0.2) is 11.8 Å². The van der Waals surface area contributed by atoms with Crippen molar-refractivity contribution in [3.05, 3.63) is 71.5 Å². The van der Waals surface area contributed by atoms with Gasteiger partial charge in [0.25, 0.3) is 0 Å². The third kappa shape index (κ3) is 3.81. The first kappa shape index (κ1) is 14.5. The highest BCUT2D eigenvalue weighted by Crippen LogP contribution is 2.15. The minimum atomic E-state index is -0.371. The molecule has 0 saturated heterocycles. The number of hydrogen-bond donors (Lipinski definition) is 1. The molecule has 0 fully saturated rings. The highest BCUT2D eigenvalue weighted by Gasteiger charge is 2.14. The number of nitrogens with one attached hydrogen (secondary N) is 1. The van der Waals surface area contributed by atoms with Crippen LogP contribution in [0, 0.1) is 5.82 Å². The van der Waals surface area contributed by atoms with E-state index >= 15 is 0 Å². The van der Waals surface area contributed by atoms with Crippen LogP contribution in [0.3, 0.4) is 0 Å². The van der Waals surface area contributed by atoms with Crippen LogP contribution >= 0.6 is 11.6 Å². The number of amides is 1. The van der Waals surface area contributed by atoms with E-state index in [1.54, 1.807) is 18.2 Å². The van der Waals surface area contributed by atoms with Crippen molar-refractivity contribution in [2.24, 2.45) is 0 Å². The van der Waals surface area contributed by atoms with Gasteiger partial charge in [0.05, 0.1) is 12.5 Å². The van der Waals surface area contributed by atoms with Gasteiger partial charge in [0, 0.05) is 5.88 Å². The topological polar surface area (TPSA) is 29.1 Å². The molecule has 0 aliphatic rings. The van der Waals surface area contributed by atoms with Crippen molar-refractivity contribution in [1.82, 2.24) is 5.32 Å². The normalized spacial score (nSPS) is 11.9. The summed E-state index contributed by atoms with van der Waals surface area (Å²) in [6, 6.07) is 15.5. The molecule has 2 nitrogen and oxygen atoms in total. The summed E-state index contributed by atoms with van der Waals surface area (Å²) in [6.07, 6.45) is 0.00684. The van der Waals surface area contributed by atoms with Crippen molar-refractivity contribution in [1.29, 1.82) is 0 Å². The lowest BCUT2D eigenvalue weighted by molar-refractivity contribution is -0.121. The molecule has 20 heavy (non-hydrogen) atoms. The molecule has 1 N–H and O–H groups in total. The van der Waals surface area contributed by atoms with Crippen molar-refractivity contribution in [2.75, 3.05) is 5.88 Å². The molecule has 0 aromatic heterocycles. The molecule has 1 unspecified atom stereocenters. The minimum absolute atomic E-state index is 0.00684. The summed E-state index contributed by atoms with van der Waals surface area (Å²) in [7, 11) is 0. The fourth-order valence-corrected chi connectivity index (χ4v) is 2.21. The van der Waals surface area contributed by atoms with Gasteiger partial charge in [-0.15, -0.1) is 11.6 Å². The molecule has 0 bridgehead atoms. The second-order valence-electron chi connectivity index (χ2n) is 4.45. The lowest BCUT2D eigenvalue weighted by atomic mass is 10.1. The maximum atomic E-state index is 13.5. The van der Waals surface area contributed by atoms with Gasteiger partial charge in [-0.05, 0) is 17.2 Å². The highest BCUT2D eigenvalue weighted by atomic mass is 35.5. The molecule has 0 spiro atoms. The number of alkyl halides is 1. The molecule has 2 rings (SSSR count). The molecular formula is C16H15ClFNO. The average molecular weight is 292 g/mol. The van der Waals surface area contributed by atoms with Gasteiger partial charge in [0.2, 0.25) is 5.91 Å². The lowest BCUT2D eigenvalue weighted by Gasteiger charge is -2.16. The molecular weight excluding hydrogens is 277 g/mol. The molecule has 0 saturated carbocycles. The quantitative estimate of drug-likeness (QED) is 0.840.